The maximum atomic E-state index is 12.1. The van der Waals surface area contributed by atoms with E-state index in [-0.39, 0.29) is 5.56 Å². The molecule has 0 bridgehead atoms. The van der Waals surface area contributed by atoms with Crippen molar-refractivity contribution in [1.82, 2.24) is 0 Å². The van der Waals surface area contributed by atoms with Crippen molar-refractivity contribution in [2.24, 2.45) is 0 Å². The van der Waals surface area contributed by atoms with Gasteiger partial charge in [0.2, 0.25) is 0 Å². The molecule has 0 aliphatic rings. The molecule has 0 saturated heterocycles. The fraction of sp³-hybridized carbons (Fsp3) is 0.100. The molecular formula is C20H16N2O2. The van der Waals surface area contributed by atoms with E-state index in [0.29, 0.717) is 18.0 Å². The van der Waals surface area contributed by atoms with E-state index < -0.39 is 5.63 Å². The lowest BCUT2D eigenvalue weighted by atomic mass is 10.1. The predicted molar refractivity (Wildman–Crippen MR) is 93.8 cm³/mol. The minimum absolute atomic E-state index is 0.00254. The summed E-state index contributed by atoms with van der Waals surface area (Å²) in [5, 5.41) is 12.4. The van der Waals surface area contributed by atoms with Gasteiger partial charge < -0.3 is 9.73 Å². The van der Waals surface area contributed by atoms with E-state index in [9.17, 15) is 10.1 Å². The molecule has 118 valence electrons. The van der Waals surface area contributed by atoms with E-state index in [1.807, 2.05) is 66.7 Å². The van der Waals surface area contributed by atoms with Crippen LogP contribution in [-0.2, 0) is 6.42 Å². The van der Waals surface area contributed by atoms with Crippen LogP contribution >= 0.6 is 0 Å². The average Bonchev–Trinajstić information content (AvgIpc) is 2.63. The second kappa shape index (κ2) is 7.30. The summed E-state index contributed by atoms with van der Waals surface area (Å²) in [5.74, 6) is 0.446. The number of nitrogens with zero attached hydrogens (tertiary/aromatic N) is 1. The molecule has 0 spiro atoms. The Labute approximate surface area is 140 Å². The van der Waals surface area contributed by atoms with Gasteiger partial charge in [0.1, 0.15) is 11.8 Å². The fourth-order valence-electron chi connectivity index (χ4n) is 2.47. The van der Waals surface area contributed by atoms with Gasteiger partial charge in [-0.3, -0.25) is 0 Å². The number of benzene rings is 2. The number of rotatable bonds is 5. The van der Waals surface area contributed by atoms with Crippen LogP contribution in [0.2, 0.25) is 0 Å². The molecular weight excluding hydrogens is 300 g/mol. The Hall–Kier alpha value is -3.32. The largest absolute Gasteiger partial charge is 0.422 e. The number of hydrogen-bond acceptors (Lipinski definition) is 4. The van der Waals surface area contributed by atoms with Gasteiger partial charge in [0, 0.05) is 18.2 Å². The molecule has 4 nitrogen and oxygen atoms in total. The molecule has 0 atom stereocenters. The van der Waals surface area contributed by atoms with Crippen molar-refractivity contribution < 1.29 is 4.42 Å². The normalized spacial score (nSPS) is 10.1. The lowest BCUT2D eigenvalue weighted by Crippen LogP contribution is -2.12. The molecule has 3 aromatic rings. The van der Waals surface area contributed by atoms with Crippen LogP contribution in [0.1, 0.15) is 11.1 Å². The zero-order chi connectivity index (χ0) is 16.8. The van der Waals surface area contributed by atoms with Gasteiger partial charge in [-0.05, 0) is 12.0 Å². The number of nitriles is 1. The van der Waals surface area contributed by atoms with Crippen molar-refractivity contribution in [3.63, 3.8) is 0 Å². The van der Waals surface area contributed by atoms with Crippen molar-refractivity contribution in [2.45, 2.75) is 6.42 Å². The predicted octanol–water partition coefficient (Wildman–Crippen LogP) is 3.83. The van der Waals surface area contributed by atoms with E-state index in [2.05, 4.69) is 5.32 Å². The van der Waals surface area contributed by atoms with Crippen molar-refractivity contribution >= 4 is 5.69 Å². The third-order valence-electron chi connectivity index (χ3n) is 3.69. The highest BCUT2D eigenvalue weighted by atomic mass is 16.4. The molecule has 0 fully saturated rings. The highest BCUT2D eigenvalue weighted by Crippen LogP contribution is 2.22. The lowest BCUT2D eigenvalue weighted by molar-refractivity contribution is 0.524. The van der Waals surface area contributed by atoms with Crippen LogP contribution in [0.3, 0.4) is 0 Å². The first kappa shape index (κ1) is 15.6. The van der Waals surface area contributed by atoms with Gasteiger partial charge >= 0.3 is 5.63 Å². The summed E-state index contributed by atoms with van der Waals surface area (Å²) >= 11 is 0. The molecule has 1 heterocycles. The molecule has 0 aliphatic carbocycles. The highest BCUT2D eigenvalue weighted by molar-refractivity contribution is 5.66. The Kier molecular flexibility index (Phi) is 4.73. The zero-order valence-electron chi connectivity index (χ0n) is 13.0. The van der Waals surface area contributed by atoms with Crippen LogP contribution in [0.15, 0.2) is 75.9 Å². The van der Waals surface area contributed by atoms with Crippen LogP contribution < -0.4 is 10.9 Å². The first-order valence-electron chi connectivity index (χ1n) is 7.69. The Morgan fingerprint density at radius 1 is 1.00 bits per heavy atom. The minimum atomic E-state index is -0.624. The zero-order valence-corrected chi connectivity index (χ0v) is 13.0. The maximum absolute atomic E-state index is 12.1. The maximum Gasteiger partial charge on any atom is 0.356 e. The molecule has 0 aliphatic heterocycles. The van der Waals surface area contributed by atoms with Gasteiger partial charge in [-0.1, -0.05) is 60.7 Å². The summed E-state index contributed by atoms with van der Waals surface area (Å²) in [7, 11) is 0. The second-order valence-corrected chi connectivity index (χ2v) is 5.33. The molecule has 0 radical (unpaired) electrons. The smallest absolute Gasteiger partial charge is 0.356 e. The number of nitrogens with one attached hydrogen (secondary N) is 1. The first-order chi connectivity index (χ1) is 11.8. The van der Waals surface area contributed by atoms with Gasteiger partial charge in [0.05, 0.1) is 5.69 Å². The first-order valence-corrected chi connectivity index (χ1v) is 7.69. The Bertz CT molecular complexity index is 910. The Morgan fingerprint density at radius 3 is 2.33 bits per heavy atom. The molecule has 4 heteroatoms. The van der Waals surface area contributed by atoms with Crippen LogP contribution in [-0.4, -0.2) is 6.54 Å². The van der Waals surface area contributed by atoms with Crippen molar-refractivity contribution in [2.75, 3.05) is 11.9 Å². The molecule has 2 aromatic carbocycles. The summed E-state index contributed by atoms with van der Waals surface area (Å²) in [6, 6.07) is 23.0. The number of hydrogen-bond donors (Lipinski definition) is 1. The fourth-order valence-corrected chi connectivity index (χ4v) is 2.47. The molecule has 24 heavy (non-hydrogen) atoms. The Balaban J connectivity index is 1.84. The summed E-state index contributed by atoms with van der Waals surface area (Å²) in [4.78, 5) is 12.1. The van der Waals surface area contributed by atoms with Gasteiger partial charge in [0.15, 0.2) is 5.56 Å². The highest BCUT2D eigenvalue weighted by Gasteiger charge is 2.12. The summed E-state index contributed by atoms with van der Waals surface area (Å²) in [6.07, 6.45) is 0.798. The number of anilines is 1. The van der Waals surface area contributed by atoms with Crippen LogP contribution in [0.5, 0.6) is 0 Å². The molecule has 0 amide bonds. The molecule has 0 unspecified atom stereocenters. The summed E-state index contributed by atoms with van der Waals surface area (Å²) in [5.41, 5.74) is 1.87. The average molecular weight is 316 g/mol. The van der Waals surface area contributed by atoms with E-state index in [0.717, 1.165) is 12.0 Å². The molecule has 1 N–H and O–H groups in total. The van der Waals surface area contributed by atoms with Crippen molar-refractivity contribution in [1.29, 1.82) is 5.26 Å². The monoisotopic (exact) mass is 316 g/mol. The van der Waals surface area contributed by atoms with Crippen molar-refractivity contribution in [3.8, 4) is 17.4 Å². The van der Waals surface area contributed by atoms with Crippen LogP contribution in [0.25, 0.3) is 11.3 Å². The van der Waals surface area contributed by atoms with Gasteiger partial charge in [0.25, 0.3) is 0 Å². The van der Waals surface area contributed by atoms with Crippen LogP contribution in [0, 0.1) is 11.3 Å². The van der Waals surface area contributed by atoms with E-state index >= 15 is 0 Å². The van der Waals surface area contributed by atoms with E-state index in [4.69, 9.17) is 4.42 Å². The SMILES string of the molecule is N#Cc1c(NCCc2ccccc2)cc(-c2ccccc2)oc1=O. The molecule has 0 saturated carbocycles. The second-order valence-electron chi connectivity index (χ2n) is 5.33. The summed E-state index contributed by atoms with van der Waals surface area (Å²) in [6.45, 7) is 0.621. The third-order valence-corrected chi connectivity index (χ3v) is 3.69. The van der Waals surface area contributed by atoms with E-state index in [1.54, 1.807) is 6.07 Å². The van der Waals surface area contributed by atoms with Crippen molar-refractivity contribution in [3.05, 3.63) is 88.3 Å². The quantitative estimate of drug-likeness (QED) is 0.777. The van der Waals surface area contributed by atoms with Crippen LogP contribution in [0.4, 0.5) is 5.69 Å². The van der Waals surface area contributed by atoms with Gasteiger partial charge in [-0.2, -0.15) is 5.26 Å². The van der Waals surface area contributed by atoms with Gasteiger partial charge in [-0.25, -0.2) is 4.79 Å². The third kappa shape index (κ3) is 3.53. The molecule has 1 aromatic heterocycles. The standard InChI is InChI=1S/C20H16N2O2/c21-14-17-18(22-12-11-15-7-3-1-4-8-15)13-19(24-20(17)23)16-9-5-2-6-10-16/h1-10,13,22H,11-12H2. The lowest BCUT2D eigenvalue weighted by Gasteiger charge is -2.09. The molecule has 3 rings (SSSR count). The topological polar surface area (TPSA) is 66.0 Å². The van der Waals surface area contributed by atoms with E-state index in [1.165, 1.54) is 5.56 Å². The summed E-state index contributed by atoms with van der Waals surface area (Å²) < 4.78 is 5.27. The minimum Gasteiger partial charge on any atom is -0.422 e. The Morgan fingerprint density at radius 2 is 1.67 bits per heavy atom. The van der Waals surface area contributed by atoms with Gasteiger partial charge in [-0.15, -0.1) is 0 Å².